The van der Waals surface area contributed by atoms with E-state index in [4.69, 9.17) is 18.9 Å². The van der Waals surface area contributed by atoms with Crippen LogP contribution in [0.15, 0.2) is 11.6 Å². The summed E-state index contributed by atoms with van der Waals surface area (Å²) in [7, 11) is 0. The van der Waals surface area contributed by atoms with Crippen molar-refractivity contribution >= 4 is 23.7 Å². The Morgan fingerprint density at radius 1 is 1.14 bits per heavy atom. The van der Waals surface area contributed by atoms with Gasteiger partial charge in [0.15, 0.2) is 5.60 Å². The number of Topliss-reactive ketones (excluding diaryl/α,β-unsaturated/α-hetero) is 1. The van der Waals surface area contributed by atoms with Gasteiger partial charge in [-0.05, 0) is 54.9 Å². The van der Waals surface area contributed by atoms with Gasteiger partial charge < -0.3 is 18.9 Å². The molecule has 8 nitrogen and oxygen atoms in total. The number of hydrogen-bond donors (Lipinski definition) is 0. The molecular weight excluding hydrogens is 464 g/mol. The van der Waals surface area contributed by atoms with E-state index in [1.807, 2.05) is 19.9 Å². The second-order valence-corrected chi connectivity index (χ2v) is 11.9. The first-order chi connectivity index (χ1) is 16.8. The van der Waals surface area contributed by atoms with Crippen LogP contribution in [0.25, 0.3) is 0 Å². The van der Waals surface area contributed by atoms with E-state index < -0.39 is 47.2 Å². The number of fused-ring (bicyclic) bond motifs is 2. The summed E-state index contributed by atoms with van der Waals surface area (Å²) in [6.45, 7) is 12.9. The molecule has 8 heteroatoms. The van der Waals surface area contributed by atoms with E-state index in [1.54, 1.807) is 6.92 Å². The number of epoxide rings is 1. The van der Waals surface area contributed by atoms with Crippen LogP contribution in [0.1, 0.15) is 80.6 Å². The van der Waals surface area contributed by atoms with Crippen LogP contribution in [0.5, 0.6) is 0 Å². The SMILES string of the molecule is CCCC(=O)O[C@@H]1[C@@H]2[C@@H](OC(C)=O)[C@]3(CC[C@H]4[C@@H](C=C(C)C(=O)[C@@]2(OC(C)=O)C[C@@H]1C)C4(C)C)CO3. The Kier molecular flexibility index (Phi) is 6.90. The van der Waals surface area contributed by atoms with E-state index in [0.29, 0.717) is 30.9 Å². The highest BCUT2D eigenvalue weighted by Gasteiger charge is 2.71. The number of hydrogen-bond acceptors (Lipinski definition) is 8. The number of allylic oxidation sites excluding steroid dienone is 1. The first kappa shape index (κ1) is 26.8. The van der Waals surface area contributed by atoms with Crippen molar-refractivity contribution < 1.29 is 38.1 Å². The number of esters is 3. The number of rotatable bonds is 5. The predicted octanol–water partition coefficient (Wildman–Crippen LogP) is 3.94. The first-order valence-electron chi connectivity index (χ1n) is 13.2. The minimum absolute atomic E-state index is 0.0307. The standard InChI is InChI=1S/C28H40O8/c1-8-9-21(31)35-23-16(3)13-28(36-18(5)30)22(23)25(34-17(4)29)27(14-33-27)11-10-19-20(26(19,6)7)12-15(2)24(28)32/h12,16,19-20,22-23,25H,8-11,13-14H2,1-7H3/t16-,19-,20+,22+,23-,25+,27-,28+/m0/s1. The fourth-order valence-corrected chi connectivity index (χ4v) is 7.01. The van der Waals surface area contributed by atoms with Gasteiger partial charge in [0.05, 0.1) is 12.5 Å². The van der Waals surface area contributed by atoms with E-state index in [0.717, 1.165) is 6.42 Å². The Morgan fingerprint density at radius 2 is 1.81 bits per heavy atom. The summed E-state index contributed by atoms with van der Waals surface area (Å²) < 4.78 is 23.9. The largest absolute Gasteiger partial charge is 0.461 e. The summed E-state index contributed by atoms with van der Waals surface area (Å²) in [5.74, 6) is -2.47. The van der Waals surface area contributed by atoms with Crippen molar-refractivity contribution in [2.24, 2.45) is 29.1 Å². The van der Waals surface area contributed by atoms with Crippen LogP contribution in [0.2, 0.25) is 0 Å². The summed E-state index contributed by atoms with van der Waals surface area (Å²) in [5.41, 5.74) is -1.91. The van der Waals surface area contributed by atoms with Crippen LogP contribution in [0, 0.1) is 29.1 Å². The third-order valence-corrected chi connectivity index (χ3v) is 8.97. The lowest BCUT2D eigenvalue weighted by molar-refractivity contribution is -0.190. The molecule has 36 heavy (non-hydrogen) atoms. The monoisotopic (exact) mass is 504 g/mol. The molecule has 0 aromatic carbocycles. The van der Waals surface area contributed by atoms with Gasteiger partial charge in [-0.3, -0.25) is 19.2 Å². The average molecular weight is 505 g/mol. The molecule has 1 spiro atoms. The van der Waals surface area contributed by atoms with Crippen molar-refractivity contribution in [3.05, 3.63) is 11.6 Å². The maximum absolute atomic E-state index is 14.3. The molecule has 3 fully saturated rings. The second-order valence-electron chi connectivity index (χ2n) is 11.9. The van der Waals surface area contributed by atoms with Crippen molar-refractivity contribution in [3.8, 4) is 0 Å². The maximum atomic E-state index is 14.3. The van der Waals surface area contributed by atoms with Gasteiger partial charge >= 0.3 is 17.9 Å². The number of ketones is 1. The maximum Gasteiger partial charge on any atom is 0.306 e. The van der Waals surface area contributed by atoms with Crippen LogP contribution in [-0.4, -0.2) is 53.7 Å². The highest BCUT2D eigenvalue weighted by molar-refractivity contribution is 6.03. The molecule has 1 aliphatic heterocycles. The molecular formula is C28H40O8. The second kappa shape index (κ2) is 9.26. The summed E-state index contributed by atoms with van der Waals surface area (Å²) in [5, 5.41) is 0. The van der Waals surface area contributed by atoms with Crippen molar-refractivity contribution in [2.45, 2.75) is 104 Å². The molecule has 2 saturated carbocycles. The number of ether oxygens (including phenoxy) is 4. The Bertz CT molecular complexity index is 976. The van der Waals surface area contributed by atoms with Crippen molar-refractivity contribution in [1.29, 1.82) is 0 Å². The van der Waals surface area contributed by atoms with Crippen LogP contribution in [0.4, 0.5) is 0 Å². The first-order valence-corrected chi connectivity index (χ1v) is 13.2. The molecule has 0 amide bonds. The highest BCUT2D eigenvalue weighted by atomic mass is 16.6. The van der Waals surface area contributed by atoms with E-state index in [1.165, 1.54) is 13.8 Å². The third-order valence-electron chi connectivity index (χ3n) is 8.97. The molecule has 0 aromatic rings. The Balaban J connectivity index is 1.89. The summed E-state index contributed by atoms with van der Waals surface area (Å²) in [4.78, 5) is 51.9. The molecule has 0 N–H and O–H groups in total. The zero-order chi connectivity index (χ0) is 26.6. The van der Waals surface area contributed by atoms with Gasteiger partial charge in [0.2, 0.25) is 5.78 Å². The predicted molar refractivity (Wildman–Crippen MR) is 130 cm³/mol. The molecule has 200 valence electrons. The van der Waals surface area contributed by atoms with Gasteiger partial charge in [-0.15, -0.1) is 0 Å². The summed E-state index contributed by atoms with van der Waals surface area (Å²) >= 11 is 0. The van der Waals surface area contributed by atoms with E-state index in [-0.39, 0.29) is 35.9 Å². The Morgan fingerprint density at radius 3 is 2.36 bits per heavy atom. The van der Waals surface area contributed by atoms with Crippen LogP contribution in [-0.2, 0) is 38.1 Å². The minimum atomic E-state index is -1.64. The smallest absolute Gasteiger partial charge is 0.306 e. The summed E-state index contributed by atoms with van der Waals surface area (Å²) in [6, 6.07) is 0. The quantitative estimate of drug-likeness (QED) is 0.315. The molecule has 8 atom stereocenters. The van der Waals surface area contributed by atoms with Crippen LogP contribution >= 0.6 is 0 Å². The molecule has 4 rings (SSSR count). The molecule has 0 aromatic heterocycles. The van der Waals surface area contributed by atoms with E-state index in [2.05, 4.69) is 13.8 Å². The minimum Gasteiger partial charge on any atom is -0.461 e. The van der Waals surface area contributed by atoms with Crippen LogP contribution in [0.3, 0.4) is 0 Å². The normalized spacial score (nSPS) is 40.8. The number of carbonyl (C=O) groups is 4. The zero-order valence-corrected chi connectivity index (χ0v) is 22.6. The van der Waals surface area contributed by atoms with E-state index >= 15 is 0 Å². The van der Waals surface area contributed by atoms with Crippen molar-refractivity contribution in [1.82, 2.24) is 0 Å². The average Bonchev–Trinajstić information content (AvgIpc) is 3.62. The van der Waals surface area contributed by atoms with Gasteiger partial charge in [-0.25, -0.2) is 0 Å². The van der Waals surface area contributed by atoms with Gasteiger partial charge in [0, 0.05) is 26.7 Å². The zero-order valence-electron chi connectivity index (χ0n) is 22.6. The lowest BCUT2D eigenvalue weighted by Gasteiger charge is -2.41. The Hall–Kier alpha value is -2.22. The fourth-order valence-electron chi connectivity index (χ4n) is 7.01. The van der Waals surface area contributed by atoms with Gasteiger partial charge in [-0.2, -0.15) is 0 Å². The lowest BCUT2D eigenvalue weighted by Crippen LogP contribution is -2.58. The Labute approximate surface area is 213 Å². The molecule has 4 aliphatic rings. The van der Waals surface area contributed by atoms with Gasteiger partial charge in [-0.1, -0.05) is 33.8 Å². The van der Waals surface area contributed by atoms with Gasteiger partial charge in [0.1, 0.15) is 17.8 Å². The lowest BCUT2D eigenvalue weighted by atomic mass is 9.74. The fraction of sp³-hybridized carbons (Fsp3) is 0.786. The molecule has 0 radical (unpaired) electrons. The molecule has 1 heterocycles. The third kappa shape index (κ3) is 4.50. The molecule has 0 unspecified atom stereocenters. The van der Waals surface area contributed by atoms with Gasteiger partial charge in [0.25, 0.3) is 0 Å². The van der Waals surface area contributed by atoms with E-state index in [9.17, 15) is 19.2 Å². The van der Waals surface area contributed by atoms with Crippen molar-refractivity contribution in [2.75, 3.05) is 6.61 Å². The molecule has 0 bridgehead atoms. The number of carbonyl (C=O) groups excluding carboxylic acids is 4. The summed E-state index contributed by atoms with van der Waals surface area (Å²) in [6.07, 6.45) is 2.80. The van der Waals surface area contributed by atoms with Crippen molar-refractivity contribution in [3.63, 3.8) is 0 Å². The van der Waals surface area contributed by atoms with Crippen LogP contribution < -0.4 is 0 Å². The highest BCUT2D eigenvalue weighted by Crippen LogP contribution is 2.64. The molecule has 3 aliphatic carbocycles. The molecule has 1 saturated heterocycles. The topological polar surface area (TPSA) is 108 Å².